The lowest BCUT2D eigenvalue weighted by atomic mass is 10.0. The number of aliphatic carboxylic acids is 1. The molecule has 24 heavy (non-hydrogen) atoms. The van der Waals surface area contributed by atoms with Gasteiger partial charge in [0.05, 0.1) is 6.42 Å². The Morgan fingerprint density at radius 2 is 2.08 bits per heavy atom. The Balaban J connectivity index is 1.70. The van der Waals surface area contributed by atoms with Crippen molar-refractivity contribution >= 4 is 29.5 Å². The van der Waals surface area contributed by atoms with Crippen molar-refractivity contribution in [2.24, 2.45) is 0 Å². The van der Waals surface area contributed by atoms with E-state index in [1.807, 2.05) is 30.3 Å². The fourth-order valence-corrected chi connectivity index (χ4v) is 4.03. The highest BCUT2D eigenvalue weighted by Crippen LogP contribution is 2.40. The van der Waals surface area contributed by atoms with E-state index in [0.717, 1.165) is 5.56 Å². The maximum atomic E-state index is 12.3. The number of nitrogens with one attached hydrogen (secondary N) is 1. The fourth-order valence-electron chi connectivity index (χ4n) is 2.74. The third-order valence-corrected chi connectivity index (χ3v) is 5.15. The van der Waals surface area contributed by atoms with Crippen LogP contribution < -0.4 is 5.32 Å². The first kappa shape index (κ1) is 16.1. The summed E-state index contributed by atoms with van der Waals surface area (Å²) in [5, 5.41) is 11.6. The van der Waals surface area contributed by atoms with Gasteiger partial charge in [0.15, 0.2) is 0 Å². The molecule has 7 heteroatoms. The van der Waals surface area contributed by atoms with Crippen molar-refractivity contribution in [3.8, 4) is 12.3 Å². The van der Waals surface area contributed by atoms with Crippen molar-refractivity contribution in [3.63, 3.8) is 0 Å². The van der Waals surface area contributed by atoms with E-state index in [2.05, 4.69) is 11.2 Å². The zero-order valence-electron chi connectivity index (χ0n) is 12.6. The monoisotopic (exact) mass is 342 g/mol. The Bertz CT molecular complexity index is 782. The van der Waals surface area contributed by atoms with E-state index in [0.29, 0.717) is 5.75 Å². The molecule has 2 N–H and O–H groups in total. The molecule has 0 radical (unpaired) electrons. The molecule has 0 spiro atoms. The summed E-state index contributed by atoms with van der Waals surface area (Å²) in [6, 6.07) is 8.46. The lowest BCUT2D eigenvalue weighted by Crippen LogP contribution is -2.70. The molecule has 1 unspecified atom stereocenters. The minimum atomic E-state index is -1.23. The van der Waals surface area contributed by atoms with E-state index in [9.17, 15) is 19.5 Å². The average Bonchev–Trinajstić information content (AvgIpc) is 2.58. The van der Waals surface area contributed by atoms with Crippen LogP contribution in [0.3, 0.4) is 0 Å². The van der Waals surface area contributed by atoms with Crippen LogP contribution in [0.15, 0.2) is 41.6 Å². The second-order valence-corrected chi connectivity index (χ2v) is 6.50. The average molecular weight is 342 g/mol. The number of carbonyl (C=O) groups is 3. The number of amides is 2. The maximum Gasteiger partial charge on any atom is 0.353 e. The fraction of sp³-hybridized carbons (Fsp3) is 0.235. The molecule has 3 rings (SSSR count). The number of nitrogens with zero attached hydrogens (tertiary/aromatic N) is 1. The zero-order chi connectivity index (χ0) is 17.3. The number of carbonyl (C=O) groups excluding carboxylic acids is 2. The predicted octanol–water partition coefficient (Wildman–Crippen LogP) is 0.601. The molecule has 1 fully saturated rings. The maximum absolute atomic E-state index is 12.3. The van der Waals surface area contributed by atoms with Gasteiger partial charge in [0.2, 0.25) is 5.91 Å². The topological polar surface area (TPSA) is 86.7 Å². The zero-order valence-corrected chi connectivity index (χ0v) is 13.4. The van der Waals surface area contributed by atoms with Crippen LogP contribution in [0.4, 0.5) is 0 Å². The first-order valence-corrected chi connectivity index (χ1v) is 8.29. The van der Waals surface area contributed by atoms with Crippen LogP contribution in [0, 0.1) is 12.3 Å². The summed E-state index contributed by atoms with van der Waals surface area (Å²) in [5.74, 6) is 0.710. The third kappa shape index (κ3) is 2.76. The molecule has 2 amide bonds. The molecule has 1 aromatic rings. The van der Waals surface area contributed by atoms with E-state index >= 15 is 0 Å². The van der Waals surface area contributed by atoms with Crippen LogP contribution >= 0.6 is 11.8 Å². The van der Waals surface area contributed by atoms with Gasteiger partial charge in [-0.1, -0.05) is 36.3 Å². The van der Waals surface area contributed by atoms with Gasteiger partial charge in [-0.15, -0.1) is 18.2 Å². The summed E-state index contributed by atoms with van der Waals surface area (Å²) < 4.78 is 0. The SMILES string of the molecule is C#CC1=C(C(=O)O)N2C(=O)C(NC(=O)Cc3ccccc3)[C@H]2SC1. The van der Waals surface area contributed by atoms with Crippen molar-refractivity contribution in [1.82, 2.24) is 10.2 Å². The van der Waals surface area contributed by atoms with Gasteiger partial charge in [-0.05, 0) is 5.56 Å². The van der Waals surface area contributed by atoms with Crippen LogP contribution in [-0.2, 0) is 20.8 Å². The first-order valence-electron chi connectivity index (χ1n) is 7.24. The van der Waals surface area contributed by atoms with Crippen LogP contribution in [0.1, 0.15) is 5.56 Å². The molecule has 122 valence electrons. The minimum Gasteiger partial charge on any atom is -0.477 e. The van der Waals surface area contributed by atoms with Crippen molar-refractivity contribution in [2.75, 3.05) is 5.75 Å². The smallest absolute Gasteiger partial charge is 0.353 e. The molecular weight excluding hydrogens is 328 g/mol. The largest absolute Gasteiger partial charge is 0.477 e. The number of terminal acetylenes is 1. The van der Waals surface area contributed by atoms with Crippen LogP contribution in [0.2, 0.25) is 0 Å². The predicted molar refractivity (Wildman–Crippen MR) is 88.7 cm³/mol. The van der Waals surface area contributed by atoms with Gasteiger partial charge in [-0.2, -0.15) is 0 Å². The number of carboxylic acid groups (broad SMARTS) is 1. The molecule has 0 aliphatic carbocycles. The molecule has 2 heterocycles. The summed E-state index contributed by atoms with van der Waals surface area (Å²) in [6.45, 7) is 0. The van der Waals surface area contributed by atoms with Gasteiger partial charge in [-0.3, -0.25) is 14.5 Å². The van der Waals surface area contributed by atoms with Gasteiger partial charge < -0.3 is 10.4 Å². The van der Waals surface area contributed by atoms with E-state index in [-0.39, 0.29) is 23.6 Å². The van der Waals surface area contributed by atoms with Crippen molar-refractivity contribution < 1.29 is 19.5 Å². The van der Waals surface area contributed by atoms with Crippen LogP contribution in [0.5, 0.6) is 0 Å². The molecule has 6 nitrogen and oxygen atoms in total. The number of thioether (sulfide) groups is 1. The van der Waals surface area contributed by atoms with E-state index < -0.39 is 23.3 Å². The first-order chi connectivity index (χ1) is 11.5. The minimum absolute atomic E-state index is 0.153. The Hall–Kier alpha value is -2.72. The Morgan fingerprint density at radius 1 is 1.38 bits per heavy atom. The van der Waals surface area contributed by atoms with Gasteiger partial charge in [0.1, 0.15) is 17.1 Å². The van der Waals surface area contributed by atoms with E-state index in [1.165, 1.54) is 16.7 Å². The van der Waals surface area contributed by atoms with Gasteiger partial charge in [0.25, 0.3) is 5.91 Å². The second kappa shape index (κ2) is 6.42. The van der Waals surface area contributed by atoms with E-state index in [4.69, 9.17) is 6.42 Å². The lowest BCUT2D eigenvalue weighted by Gasteiger charge is -2.48. The van der Waals surface area contributed by atoms with Gasteiger partial charge in [0, 0.05) is 11.3 Å². The van der Waals surface area contributed by atoms with Crippen LogP contribution in [-0.4, -0.2) is 45.0 Å². The van der Waals surface area contributed by atoms with Crippen LogP contribution in [0.25, 0.3) is 0 Å². The van der Waals surface area contributed by atoms with Crippen molar-refractivity contribution in [1.29, 1.82) is 0 Å². The molecule has 2 atom stereocenters. The number of β-lactam (4-membered cyclic amide) rings is 1. The summed E-state index contributed by atoms with van der Waals surface area (Å²) in [7, 11) is 0. The molecular formula is C17H14N2O4S. The molecule has 0 saturated carbocycles. The number of benzene rings is 1. The summed E-state index contributed by atoms with van der Waals surface area (Å²) in [4.78, 5) is 37.0. The highest BCUT2D eigenvalue weighted by Gasteiger charge is 2.54. The standard InChI is InChI=1S/C17H14N2O4S/c1-2-11-9-24-16-13(15(21)19(16)14(11)17(22)23)18-12(20)8-10-6-4-3-5-7-10/h1,3-7,13,16H,8-9H2,(H,18,20)(H,22,23)/t13?,16-/m1/s1. The number of carboxylic acids is 1. The Morgan fingerprint density at radius 3 is 2.71 bits per heavy atom. The lowest BCUT2D eigenvalue weighted by molar-refractivity contribution is -0.150. The number of hydrogen-bond acceptors (Lipinski definition) is 4. The van der Waals surface area contributed by atoms with Crippen molar-refractivity contribution in [3.05, 3.63) is 47.2 Å². The van der Waals surface area contributed by atoms with Gasteiger partial charge >= 0.3 is 5.97 Å². The quantitative estimate of drug-likeness (QED) is 0.618. The summed E-state index contributed by atoms with van der Waals surface area (Å²) in [6.07, 6.45) is 5.48. The molecule has 0 bridgehead atoms. The number of hydrogen-bond donors (Lipinski definition) is 2. The van der Waals surface area contributed by atoms with Gasteiger partial charge in [-0.25, -0.2) is 4.79 Å². The number of rotatable bonds is 4. The molecule has 1 saturated heterocycles. The summed E-state index contributed by atoms with van der Waals surface area (Å²) >= 11 is 1.35. The number of fused-ring (bicyclic) bond motifs is 1. The second-order valence-electron chi connectivity index (χ2n) is 5.39. The highest BCUT2D eigenvalue weighted by atomic mass is 32.2. The molecule has 1 aromatic carbocycles. The van der Waals surface area contributed by atoms with Crippen molar-refractivity contribution in [2.45, 2.75) is 17.8 Å². The molecule has 2 aliphatic heterocycles. The Labute approximate surface area is 142 Å². The third-order valence-electron chi connectivity index (χ3n) is 3.87. The molecule has 0 aromatic heterocycles. The molecule has 2 aliphatic rings. The normalized spacial score (nSPS) is 22.3. The van der Waals surface area contributed by atoms with E-state index in [1.54, 1.807) is 0 Å². The Kier molecular flexibility index (Phi) is 4.32. The highest BCUT2D eigenvalue weighted by molar-refractivity contribution is 8.00. The summed E-state index contributed by atoms with van der Waals surface area (Å²) in [5.41, 5.74) is 0.974.